The number of aromatic nitrogens is 9. The number of hydrogen-bond acceptors (Lipinski definition) is 18. The number of ether oxygens (including phenoxy) is 3. The third-order valence-corrected chi connectivity index (χ3v) is 18.2. The van der Waals surface area contributed by atoms with Gasteiger partial charge in [-0.05, 0) is 183 Å². The van der Waals surface area contributed by atoms with Gasteiger partial charge in [0, 0.05) is 162 Å². The zero-order valence-electron chi connectivity index (χ0n) is 56.8. The molecule has 3 saturated heterocycles. The van der Waals surface area contributed by atoms with Crippen molar-refractivity contribution in [2.45, 2.75) is 48.5 Å². The molecule has 0 aliphatic carbocycles. The lowest BCUT2D eigenvalue weighted by Gasteiger charge is -2.35. The Kier molecular flexibility index (Phi) is 20.1. The van der Waals surface area contributed by atoms with Crippen LogP contribution in [0.4, 0.5) is 64.7 Å². The topological polar surface area (TPSA) is 217 Å². The number of piperazine rings is 3. The van der Waals surface area contributed by atoms with E-state index in [0.29, 0.717) is 67.9 Å². The zero-order valence-corrected chi connectivity index (χ0v) is 56.8. The van der Waals surface area contributed by atoms with Crippen molar-refractivity contribution < 1.29 is 27.4 Å². The van der Waals surface area contributed by atoms with Gasteiger partial charge in [0.2, 0.25) is 17.6 Å². The van der Waals surface area contributed by atoms with E-state index in [9.17, 15) is 13.2 Å². The van der Waals surface area contributed by atoms with Crippen LogP contribution in [0, 0.1) is 59.0 Å². The summed E-state index contributed by atoms with van der Waals surface area (Å²) >= 11 is 0. The molecule has 0 spiro atoms. The van der Waals surface area contributed by atoms with Gasteiger partial charge >= 0.3 is 0 Å². The zero-order chi connectivity index (χ0) is 68.7. The van der Waals surface area contributed by atoms with Gasteiger partial charge in [-0.2, -0.15) is 0 Å². The normalized spacial score (nSPS) is 14.4. The molecule has 0 atom stereocenters. The second-order valence-corrected chi connectivity index (χ2v) is 25.1. The predicted octanol–water partition coefficient (Wildman–Crippen LogP) is 15.1. The van der Waals surface area contributed by atoms with Crippen molar-refractivity contribution in [3.8, 4) is 34.9 Å². The summed E-state index contributed by atoms with van der Waals surface area (Å²) in [4.78, 5) is 47.1. The highest BCUT2D eigenvalue weighted by atomic mass is 19.1. The average molecular weight is 1340 g/mol. The molecule has 7 N–H and O–H groups in total. The fourth-order valence-electron chi connectivity index (χ4n) is 12.4. The second kappa shape index (κ2) is 29.8. The number of benzene rings is 6. The number of nitrogens with one attached hydrogen (secondary N) is 7. The lowest BCUT2D eigenvalue weighted by Crippen LogP contribution is -2.46. The molecule has 9 heterocycles. The molecule has 0 radical (unpaired) electrons. The third kappa shape index (κ3) is 15.4. The lowest BCUT2D eigenvalue weighted by atomic mass is 10.2. The number of H-pyrrole nitrogens is 3. The molecular weight excluding hydrogens is 1260 g/mol. The Hall–Kier alpha value is -11.0. The highest BCUT2D eigenvalue weighted by Crippen LogP contribution is 2.37. The van der Waals surface area contributed by atoms with E-state index in [-0.39, 0.29) is 17.2 Å². The van der Waals surface area contributed by atoms with Gasteiger partial charge in [-0.15, -0.1) is 0 Å². The molecule has 12 aromatic rings. The van der Waals surface area contributed by atoms with Crippen LogP contribution in [0.1, 0.15) is 40.7 Å². The quantitative estimate of drug-likeness (QED) is 0.0479. The van der Waals surface area contributed by atoms with Gasteiger partial charge < -0.3 is 74.9 Å². The van der Waals surface area contributed by atoms with Crippen LogP contribution in [0.15, 0.2) is 146 Å². The predicted molar refractivity (Wildman–Crippen MR) is 388 cm³/mol. The van der Waals surface area contributed by atoms with Crippen LogP contribution in [0.3, 0.4) is 0 Å². The minimum atomic E-state index is -0.414. The first kappa shape index (κ1) is 66.7. The van der Waals surface area contributed by atoms with Crippen LogP contribution >= 0.6 is 0 Å². The van der Waals surface area contributed by atoms with Crippen molar-refractivity contribution in [3.05, 3.63) is 198 Å². The second-order valence-electron chi connectivity index (χ2n) is 25.1. The Morgan fingerprint density at radius 1 is 0.394 bits per heavy atom. The minimum absolute atomic E-state index is 0.129. The maximum Gasteiger partial charge on any atom is 0.227 e. The Balaban J connectivity index is 0.000000133. The molecule has 99 heavy (non-hydrogen) atoms. The average Bonchev–Trinajstić information content (AvgIpc) is 1.80. The van der Waals surface area contributed by atoms with Crippen molar-refractivity contribution in [1.29, 1.82) is 0 Å². The standard InChI is InChI=1S/C26H29FN6O.C25H27FN6O.C24H25FN6O/c1-4-32-11-13-33(14-12-32)20-7-5-19(6-8-20)31-25-18(3)26(29-16-28-25)34-23-10-9-22-21(24(23)27)15-17(2)30-22;1-16-14-20-21(29-16)8-9-22(23(20)26)33-25-17(2)24(27-15-28-25)30-18-4-6-19(7-5-18)32-12-10-31(3)11-13-32;1-15-13-19-20(29-15)7-8-21(22(19)25)32-24-16(2)23(27-14-28-24)30-17-3-5-18(6-4-17)31-11-9-26-10-12-31/h5-10,15-16,30H,4,11-14H2,1-3H3,(H,28,29,31);4-9,14-15,29H,10-13H2,1-3H3,(H,27,28,30);3-8,13-14,26,29H,9-12H2,1-2H3,(H,27,28,30). The van der Waals surface area contributed by atoms with E-state index in [0.717, 1.165) is 136 Å². The van der Waals surface area contributed by atoms with E-state index in [1.54, 1.807) is 54.6 Å². The smallest absolute Gasteiger partial charge is 0.227 e. The maximum absolute atomic E-state index is 15.0. The third-order valence-electron chi connectivity index (χ3n) is 18.2. The summed E-state index contributed by atoms with van der Waals surface area (Å²) in [6.07, 6.45) is 4.25. The number of fused-ring (bicyclic) bond motifs is 3. The molecule has 6 aromatic heterocycles. The molecule has 24 heteroatoms. The van der Waals surface area contributed by atoms with Gasteiger partial charge in [-0.25, -0.2) is 43.1 Å². The number of halogens is 3. The lowest BCUT2D eigenvalue weighted by molar-refractivity contribution is 0.271. The van der Waals surface area contributed by atoms with Crippen molar-refractivity contribution in [2.75, 3.05) is 123 Å². The van der Waals surface area contributed by atoms with E-state index < -0.39 is 17.5 Å². The molecule has 0 saturated carbocycles. The molecule has 3 fully saturated rings. The van der Waals surface area contributed by atoms with Gasteiger partial charge in [0.25, 0.3) is 0 Å². The van der Waals surface area contributed by atoms with Gasteiger partial charge in [0.1, 0.15) is 36.4 Å². The van der Waals surface area contributed by atoms with Gasteiger partial charge in [-0.1, -0.05) is 6.92 Å². The van der Waals surface area contributed by atoms with Gasteiger partial charge in [-0.3, -0.25) is 0 Å². The molecule has 510 valence electrons. The number of aryl methyl sites for hydroxylation is 3. The molecular formula is C75H81F3N18O3. The Bertz CT molecular complexity index is 4770. The molecule has 3 aliphatic heterocycles. The fourth-order valence-corrected chi connectivity index (χ4v) is 12.4. The monoisotopic (exact) mass is 1340 g/mol. The first-order valence-corrected chi connectivity index (χ1v) is 33.4. The van der Waals surface area contributed by atoms with E-state index in [1.165, 1.54) is 36.0 Å². The van der Waals surface area contributed by atoms with Crippen LogP contribution in [0.25, 0.3) is 32.7 Å². The highest BCUT2D eigenvalue weighted by molar-refractivity contribution is 5.85. The van der Waals surface area contributed by atoms with E-state index in [4.69, 9.17) is 14.2 Å². The van der Waals surface area contributed by atoms with Crippen LogP contribution in [0.5, 0.6) is 34.9 Å². The summed E-state index contributed by atoms with van der Waals surface area (Å²) in [6.45, 7) is 27.0. The van der Waals surface area contributed by atoms with Gasteiger partial charge in [0.15, 0.2) is 34.7 Å². The Morgan fingerprint density at radius 2 is 0.707 bits per heavy atom. The summed E-state index contributed by atoms with van der Waals surface area (Å²) in [5.41, 5.74) is 13.4. The van der Waals surface area contributed by atoms with E-state index in [1.807, 2.05) is 77.9 Å². The summed E-state index contributed by atoms with van der Waals surface area (Å²) in [5, 5.41) is 14.8. The van der Waals surface area contributed by atoms with Crippen LogP contribution in [-0.4, -0.2) is 147 Å². The minimum Gasteiger partial charge on any atom is -0.435 e. The Labute approximate surface area is 572 Å². The number of rotatable bonds is 16. The van der Waals surface area contributed by atoms with Gasteiger partial charge in [0.05, 0.1) is 16.7 Å². The number of nitrogens with zero attached hydrogens (tertiary/aromatic N) is 11. The molecule has 0 amide bonds. The maximum atomic E-state index is 15.0. The molecule has 0 bridgehead atoms. The number of anilines is 9. The van der Waals surface area contributed by atoms with E-state index in [2.05, 4.69) is 141 Å². The first-order chi connectivity index (χ1) is 48.1. The summed E-state index contributed by atoms with van der Waals surface area (Å²) in [6, 6.07) is 40.5. The summed E-state index contributed by atoms with van der Waals surface area (Å²) in [7, 11) is 2.15. The van der Waals surface area contributed by atoms with Crippen molar-refractivity contribution >= 4 is 84.3 Å². The first-order valence-electron chi connectivity index (χ1n) is 33.4. The Morgan fingerprint density at radius 3 is 1.03 bits per heavy atom. The summed E-state index contributed by atoms with van der Waals surface area (Å²) < 4.78 is 62.4. The largest absolute Gasteiger partial charge is 0.435 e. The molecule has 21 nitrogen and oxygen atoms in total. The van der Waals surface area contributed by atoms with Crippen molar-refractivity contribution in [2.24, 2.45) is 0 Å². The van der Waals surface area contributed by atoms with Crippen LogP contribution < -0.4 is 50.2 Å². The molecule has 0 unspecified atom stereocenters. The highest BCUT2D eigenvalue weighted by Gasteiger charge is 2.22. The van der Waals surface area contributed by atoms with Crippen LogP contribution in [-0.2, 0) is 0 Å². The SMILES string of the molecule is CCN1CCN(c2ccc(Nc3ncnc(Oc4ccc5[nH]c(C)cc5c4F)c3C)cc2)CC1.Cc1cc2c(F)c(Oc3ncnc(Nc4ccc(N5CCN(C)CC5)cc4)c3C)ccc2[nH]1.Cc1cc2c(F)c(Oc3ncnc(Nc4ccc(N5CCNCC5)cc4)c3C)ccc2[nH]1. The van der Waals surface area contributed by atoms with E-state index >= 15 is 0 Å². The molecule has 6 aromatic carbocycles. The fraction of sp³-hybridized carbons (Fsp3) is 0.280. The summed E-state index contributed by atoms with van der Waals surface area (Å²) in [5.74, 6) is 1.94. The number of hydrogen-bond donors (Lipinski definition) is 7. The number of aromatic amines is 3. The molecule has 15 rings (SSSR count). The van der Waals surface area contributed by atoms with Crippen molar-refractivity contribution in [3.63, 3.8) is 0 Å². The molecule has 3 aliphatic rings. The number of likely N-dealkylation sites (N-methyl/N-ethyl adjacent to an activating group) is 2. The van der Waals surface area contributed by atoms with Crippen molar-refractivity contribution in [1.82, 2.24) is 60.0 Å². The van der Waals surface area contributed by atoms with Crippen LogP contribution in [0.2, 0.25) is 0 Å².